The van der Waals surface area contributed by atoms with E-state index in [9.17, 15) is 39.7 Å². The van der Waals surface area contributed by atoms with E-state index >= 15 is 0 Å². The van der Waals surface area contributed by atoms with E-state index in [0.29, 0.717) is 7.14 Å². The molecular formula is C16H16F5I2O6S-. The number of halogens is 7. The summed E-state index contributed by atoms with van der Waals surface area (Å²) in [6.07, 6.45) is -9.66. The molecule has 1 aromatic carbocycles. The van der Waals surface area contributed by atoms with Crippen LogP contribution < -0.4 is 4.74 Å². The van der Waals surface area contributed by atoms with Gasteiger partial charge in [-0.3, -0.25) is 0 Å². The van der Waals surface area contributed by atoms with Crippen LogP contribution in [-0.4, -0.2) is 43.1 Å². The van der Waals surface area contributed by atoms with Gasteiger partial charge in [-0.25, -0.2) is 13.2 Å². The van der Waals surface area contributed by atoms with Gasteiger partial charge in [0, 0.05) is 0 Å². The van der Waals surface area contributed by atoms with Crippen molar-refractivity contribution in [1.82, 2.24) is 0 Å². The van der Waals surface area contributed by atoms with E-state index in [1.54, 1.807) is 12.1 Å². The molecule has 0 saturated carbocycles. The monoisotopic (exact) mass is 685 g/mol. The van der Waals surface area contributed by atoms with Crippen LogP contribution in [0.15, 0.2) is 12.1 Å². The highest BCUT2D eigenvalue weighted by Crippen LogP contribution is 2.38. The topological polar surface area (TPSA) is 92.7 Å². The Labute approximate surface area is 196 Å². The van der Waals surface area contributed by atoms with Gasteiger partial charge in [0.1, 0.15) is 5.75 Å². The van der Waals surface area contributed by atoms with Crippen LogP contribution in [-0.2, 0) is 25.1 Å². The molecule has 0 bridgehead atoms. The predicted molar refractivity (Wildman–Crippen MR) is 111 cm³/mol. The quantitative estimate of drug-likeness (QED) is 0.173. The second kappa shape index (κ2) is 9.56. The Morgan fingerprint density at radius 2 is 1.60 bits per heavy atom. The average Bonchev–Trinajstić information content (AvgIpc) is 2.56. The zero-order valence-corrected chi connectivity index (χ0v) is 20.8. The highest BCUT2D eigenvalue weighted by molar-refractivity contribution is 14.1. The molecule has 0 fully saturated rings. The summed E-state index contributed by atoms with van der Waals surface area (Å²) in [7, 11) is -6.76. The number of hydrogen-bond acceptors (Lipinski definition) is 6. The maximum Gasteiger partial charge on any atom is 0.432 e. The molecule has 0 amide bonds. The summed E-state index contributed by atoms with van der Waals surface area (Å²) in [5.74, 6) is -1.82. The smallest absolute Gasteiger partial charge is 0.432 e. The molecule has 172 valence electrons. The summed E-state index contributed by atoms with van der Waals surface area (Å²) in [5.41, 5.74) is 0.748. The Kier molecular flexibility index (Phi) is 8.78. The molecule has 0 spiro atoms. The number of carbonyl (C=O) groups excluding carboxylic acids is 1. The maximum atomic E-state index is 13.4. The fourth-order valence-electron chi connectivity index (χ4n) is 2.05. The minimum atomic E-state index is -6.76. The van der Waals surface area contributed by atoms with Crippen molar-refractivity contribution in [2.24, 2.45) is 0 Å². The van der Waals surface area contributed by atoms with Gasteiger partial charge in [-0.1, -0.05) is 20.8 Å². The molecule has 0 N–H and O–H groups in total. The van der Waals surface area contributed by atoms with E-state index in [4.69, 9.17) is 4.74 Å². The summed E-state index contributed by atoms with van der Waals surface area (Å²) in [5, 5.41) is -5.91. The molecule has 30 heavy (non-hydrogen) atoms. The molecule has 1 unspecified atom stereocenters. The van der Waals surface area contributed by atoms with Crippen LogP contribution in [0.5, 0.6) is 5.75 Å². The van der Waals surface area contributed by atoms with Crippen LogP contribution in [0.1, 0.15) is 32.8 Å². The molecule has 0 aliphatic heterocycles. The lowest BCUT2D eigenvalue weighted by atomic mass is 9.82. The molecule has 0 radical (unpaired) electrons. The second-order valence-electron chi connectivity index (χ2n) is 6.72. The molecule has 0 aliphatic rings. The molecule has 0 heterocycles. The third-order valence-corrected chi connectivity index (χ3v) is 6.67. The number of carbonyl (C=O) groups is 1. The number of hydrogen-bond donors (Lipinski definition) is 0. The van der Waals surface area contributed by atoms with Gasteiger partial charge in [-0.15, -0.1) is 0 Å². The van der Waals surface area contributed by atoms with Crippen molar-refractivity contribution >= 4 is 61.3 Å². The van der Waals surface area contributed by atoms with Crippen molar-refractivity contribution < 1.29 is 49.2 Å². The van der Waals surface area contributed by atoms with Gasteiger partial charge in [0.15, 0.2) is 16.7 Å². The summed E-state index contributed by atoms with van der Waals surface area (Å²) >= 11 is 3.75. The number of ether oxygens (including phenoxy) is 2. The maximum absolute atomic E-state index is 13.4. The molecule has 0 aromatic heterocycles. The highest BCUT2D eigenvalue weighted by atomic mass is 127. The van der Waals surface area contributed by atoms with E-state index in [0.717, 1.165) is 12.0 Å². The minimum absolute atomic E-state index is 0.107. The third-order valence-electron chi connectivity index (χ3n) is 4.18. The van der Waals surface area contributed by atoms with Gasteiger partial charge in [0.2, 0.25) is 0 Å². The minimum Gasteiger partial charge on any atom is -0.743 e. The van der Waals surface area contributed by atoms with E-state index in [-0.39, 0.29) is 11.2 Å². The molecule has 14 heteroatoms. The molecular weight excluding hydrogens is 669 g/mol. The van der Waals surface area contributed by atoms with E-state index in [2.05, 4.69) is 4.74 Å². The largest absolute Gasteiger partial charge is 0.743 e. The van der Waals surface area contributed by atoms with Crippen molar-refractivity contribution in [3.63, 3.8) is 0 Å². The zero-order valence-electron chi connectivity index (χ0n) is 15.6. The summed E-state index contributed by atoms with van der Waals surface area (Å²) in [4.78, 5) is 11.7. The predicted octanol–water partition coefficient (Wildman–Crippen LogP) is 4.57. The van der Waals surface area contributed by atoms with Crippen LogP contribution in [0.25, 0.3) is 0 Å². The van der Waals surface area contributed by atoms with Gasteiger partial charge in [-0.05, 0) is 74.7 Å². The SMILES string of the molecule is CCC(C)(C)c1cc(I)c(OCC(=O)OC(C(F)(F)F)C(F)(F)S(=O)(=O)[O-])c(I)c1. The number of rotatable bonds is 8. The number of alkyl halides is 5. The van der Waals surface area contributed by atoms with Crippen molar-refractivity contribution in [1.29, 1.82) is 0 Å². The van der Waals surface area contributed by atoms with E-state index in [1.165, 1.54) is 0 Å². The third kappa shape index (κ3) is 6.51. The van der Waals surface area contributed by atoms with Gasteiger partial charge < -0.3 is 14.0 Å². The van der Waals surface area contributed by atoms with Crippen molar-refractivity contribution in [3.8, 4) is 5.75 Å². The first-order chi connectivity index (χ1) is 13.3. The van der Waals surface area contributed by atoms with Crippen molar-refractivity contribution in [2.45, 2.75) is 50.1 Å². The standard InChI is InChI=1S/C16H17F5I2O6S/c1-4-14(2,3)8-5-9(22)12(10(23)6-8)28-7-11(24)29-13(15(17,18)19)16(20,21)30(25,26)27/h5-6,13H,4,7H2,1-3H3,(H,25,26,27)/p-1. The number of esters is 1. The zero-order chi connectivity index (χ0) is 23.7. The van der Waals surface area contributed by atoms with Crippen LogP contribution in [0.4, 0.5) is 22.0 Å². The summed E-state index contributed by atoms with van der Waals surface area (Å²) in [6, 6.07) is 3.48. The van der Waals surface area contributed by atoms with Gasteiger partial charge in [0.25, 0.3) is 6.10 Å². The summed E-state index contributed by atoms with van der Waals surface area (Å²) < 4.78 is 106. The van der Waals surface area contributed by atoms with E-state index in [1.807, 2.05) is 66.0 Å². The molecule has 0 saturated heterocycles. The Hall–Kier alpha value is -0.490. The lowest BCUT2D eigenvalue weighted by molar-refractivity contribution is -0.259. The first kappa shape index (κ1) is 27.5. The first-order valence-corrected chi connectivity index (χ1v) is 11.6. The Morgan fingerprint density at radius 1 is 1.13 bits per heavy atom. The van der Waals surface area contributed by atoms with Gasteiger partial charge >= 0.3 is 17.4 Å². The van der Waals surface area contributed by atoms with Crippen molar-refractivity contribution in [3.05, 3.63) is 24.8 Å². The van der Waals surface area contributed by atoms with E-state index < -0.39 is 40.2 Å². The lowest BCUT2D eigenvalue weighted by Crippen LogP contribution is -2.52. The van der Waals surface area contributed by atoms with Crippen molar-refractivity contribution in [2.75, 3.05) is 6.61 Å². The fourth-order valence-corrected chi connectivity index (χ4v) is 4.57. The Balaban J connectivity index is 3.04. The molecule has 1 rings (SSSR count). The Bertz CT molecular complexity index is 879. The van der Waals surface area contributed by atoms with Crippen LogP contribution in [0.3, 0.4) is 0 Å². The highest BCUT2D eigenvalue weighted by Gasteiger charge is 2.62. The van der Waals surface area contributed by atoms with Crippen LogP contribution in [0.2, 0.25) is 0 Å². The number of benzene rings is 1. The van der Waals surface area contributed by atoms with Crippen LogP contribution in [0, 0.1) is 7.14 Å². The first-order valence-electron chi connectivity index (χ1n) is 8.06. The lowest BCUT2D eigenvalue weighted by Gasteiger charge is -2.29. The molecule has 1 atom stereocenters. The Morgan fingerprint density at radius 3 is 1.97 bits per heavy atom. The summed E-state index contributed by atoms with van der Waals surface area (Å²) in [6.45, 7) is 4.75. The normalized spacial score (nSPS) is 14.4. The second-order valence-corrected chi connectivity index (χ2v) is 10.5. The van der Waals surface area contributed by atoms with Crippen LogP contribution >= 0.6 is 45.2 Å². The average molecular weight is 685 g/mol. The fraction of sp³-hybridized carbons (Fsp3) is 0.562. The molecule has 1 aromatic rings. The molecule has 0 aliphatic carbocycles. The molecule has 6 nitrogen and oxygen atoms in total. The van der Waals surface area contributed by atoms with Gasteiger partial charge in [-0.2, -0.15) is 22.0 Å². The van der Waals surface area contributed by atoms with Gasteiger partial charge in [0.05, 0.1) is 7.14 Å².